The van der Waals surface area contributed by atoms with E-state index >= 15 is 0 Å². The largest absolute Gasteiger partial charge is 0.393 e. The molecule has 2 atom stereocenters. The Hall–Kier alpha value is -0.640. The van der Waals surface area contributed by atoms with E-state index in [1.165, 1.54) is 12.1 Å². The summed E-state index contributed by atoms with van der Waals surface area (Å²) in [7, 11) is 0. The lowest BCUT2D eigenvalue weighted by molar-refractivity contribution is 0.163. The second-order valence-corrected chi connectivity index (χ2v) is 4.99. The van der Waals surface area contributed by atoms with Gasteiger partial charge < -0.3 is 10.4 Å². The Balaban J connectivity index is 2.38. The van der Waals surface area contributed by atoms with Crippen LogP contribution < -0.4 is 5.32 Å². The van der Waals surface area contributed by atoms with Crippen molar-refractivity contribution in [2.45, 2.75) is 32.9 Å². The topological polar surface area (TPSA) is 32.3 Å². The van der Waals surface area contributed by atoms with Crippen LogP contribution >= 0.6 is 11.6 Å². The van der Waals surface area contributed by atoms with Crippen LogP contribution in [0, 0.1) is 11.7 Å². The second-order valence-electron chi connectivity index (χ2n) is 4.56. The molecule has 0 spiro atoms. The van der Waals surface area contributed by atoms with Crippen molar-refractivity contribution >= 4 is 11.6 Å². The average Bonchev–Trinajstić information content (AvgIpc) is 2.22. The summed E-state index contributed by atoms with van der Waals surface area (Å²) in [5.74, 6) is 0.113. The molecule has 1 aromatic carbocycles. The lowest BCUT2D eigenvalue weighted by Crippen LogP contribution is -2.23. The Kier molecular flexibility index (Phi) is 5.89. The van der Waals surface area contributed by atoms with Crippen LogP contribution in [0.5, 0.6) is 0 Å². The summed E-state index contributed by atoms with van der Waals surface area (Å²) >= 11 is 5.80. The summed E-state index contributed by atoms with van der Waals surface area (Å²) in [5.41, 5.74) is 0.571. The van der Waals surface area contributed by atoms with Gasteiger partial charge >= 0.3 is 0 Å². The van der Waals surface area contributed by atoms with E-state index in [0.717, 1.165) is 13.0 Å². The van der Waals surface area contributed by atoms with Gasteiger partial charge in [-0.15, -0.1) is 0 Å². The van der Waals surface area contributed by atoms with Gasteiger partial charge in [-0.2, -0.15) is 0 Å². The predicted molar refractivity (Wildman–Crippen MR) is 68.6 cm³/mol. The number of aliphatic hydroxyl groups excluding tert-OH is 1. The standard InChI is InChI=1S/C13H19ClFNO/c1-9(5-10(2)17)7-16-8-11-6-12(14)3-4-13(11)15/h3-4,6,9-10,16-17H,5,7-8H2,1-2H3. The molecule has 1 rings (SSSR count). The smallest absolute Gasteiger partial charge is 0.127 e. The molecule has 2 nitrogen and oxygen atoms in total. The molecule has 2 N–H and O–H groups in total. The summed E-state index contributed by atoms with van der Waals surface area (Å²) in [6.45, 7) is 5.02. The van der Waals surface area contributed by atoms with Crippen LogP contribution in [0.15, 0.2) is 18.2 Å². The molecule has 0 saturated carbocycles. The fourth-order valence-electron chi connectivity index (χ4n) is 1.80. The Bertz CT molecular complexity index is 357. The number of benzene rings is 1. The Morgan fingerprint density at radius 1 is 1.41 bits per heavy atom. The molecule has 0 aliphatic rings. The van der Waals surface area contributed by atoms with Crippen molar-refractivity contribution in [1.82, 2.24) is 5.32 Å². The van der Waals surface area contributed by atoms with E-state index in [4.69, 9.17) is 11.6 Å². The maximum Gasteiger partial charge on any atom is 0.127 e. The van der Waals surface area contributed by atoms with Crippen molar-refractivity contribution in [3.63, 3.8) is 0 Å². The van der Waals surface area contributed by atoms with Crippen LogP contribution in [0.2, 0.25) is 5.02 Å². The van der Waals surface area contributed by atoms with Gasteiger partial charge in [0.25, 0.3) is 0 Å². The average molecular weight is 260 g/mol. The molecule has 0 fully saturated rings. The third-order valence-electron chi connectivity index (χ3n) is 2.56. The molecule has 96 valence electrons. The van der Waals surface area contributed by atoms with E-state index in [1.54, 1.807) is 13.0 Å². The second kappa shape index (κ2) is 6.94. The highest BCUT2D eigenvalue weighted by molar-refractivity contribution is 6.30. The number of hydrogen-bond donors (Lipinski definition) is 2. The van der Waals surface area contributed by atoms with Gasteiger partial charge in [-0.3, -0.25) is 0 Å². The van der Waals surface area contributed by atoms with Crippen LogP contribution in [-0.4, -0.2) is 17.8 Å². The number of halogens is 2. The molecule has 0 radical (unpaired) electrons. The number of rotatable bonds is 6. The molecule has 0 saturated heterocycles. The normalized spacial score (nSPS) is 14.6. The molecule has 0 aliphatic heterocycles. The van der Waals surface area contributed by atoms with Crippen molar-refractivity contribution in [2.24, 2.45) is 5.92 Å². The van der Waals surface area contributed by atoms with Gasteiger partial charge in [-0.25, -0.2) is 4.39 Å². The zero-order valence-electron chi connectivity index (χ0n) is 10.2. The van der Waals surface area contributed by atoms with Gasteiger partial charge in [0.1, 0.15) is 5.82 Å². The third-order valence-corrected chi connectivity index (χ3v) is 2.79. The first-order valence-electron chi connectivity index (χ1n) is 5.81. The minimum absolute atomic E-state index is 0.245. The van der Waals surface area contributed by atoms with Crippen LogP contribution in [-0.2, 0) is 6.54 Å². The molecule has 0 heterocycles. The monoisotopic (exact) mass is 259 g/mol. The fraction of sp³-hybridized carbons (Fsp3) is 0.538. The lowest BCUT2D eigenvalue weighted by Gasteiger charge is -2.14. The van der Waals surface area contributed by atoms with E-state index in [-0.39, 0.29) is 11.9 Å². The fourth-order valence-corrected chi connectivity index (χ4v) is 1.99. The van der Waals surface area contributed by atoms with Crippen LogP contribution in [0.1, 0.15) is 25.8 Å². The van der Waals surface area contributed by atoms with Crippen LogP contribution in [0.25, 0.3) is 0 Å². The predicted octanol–water partition coefficient (Wildman–Crippen LogP) is 2.98. The van der Waals surface area contributed by atoms with E-state index in [2.05, 4.69) is 5.32 Å². The molecule has 4 heteroatoms. The van der Waals surface area contributed by atoms with Gasteiger partial charge in [0.15, 0.2) is 0 Å². The summed E-state index contributed by atoms with van der Waals surface area (Å²) in [6.07, 6.45) is 0.445. The van der Waals surface area contributed by atoms with Crippen molar-refractivity contribution < 1.29 is 9.50 Å². The highest BCUT2D eigenvalue weighted by atomic mass is 35.5. The first-order valence-corrected chi connectivity index (χ1v) is 6.19. The summed E-state index contributed by atoms with van der Waals surface area (Å²) in [5, 5.41) is 12.9. The molecular formula is C13H19ClFNO. The van der Waals surface area contributed by atoms with Crippen LogP contribution in [0.4, 0.5) is 4.39 Å². The number of nitrogens with one attached hydrogen (secondary N) is 1. The van der Waals surface area contributed by atoms with Gasteiger partial charge in [0.2, 0.25) is 0 Å². The summed E-state index contributed by atoms with van der Waals surface area (Å²) in [4.78, 5) is 0. The maximum absolute atomic E-state index is 13.4. The highest BCUT2D eigenvalue weighted by Gasteiger charge is 2.07. The zero-order valence-corrected chi connectivity index (χ0v) is 11.0. The first kappa shape index (κ1) is 14.4. The number of hydrogen-bond acceptors (Lipinski definition) is 2. The minimum atomic E-state index is -0.297. The third kappa shape index (κ3) is 5.48. The van der Waals surface area contributed by atoms with E-state index in [1.807, 2.05) is 6.92 Å². The Morgan fingerprint density at radius 2 is 2.12 bits per heavy atom. The molecule has 17 heavy (non-hydrogen) atoms. The molecule has 1 aromatic rings. The van der Waals surface area contributed by atoms with Crippen molar-refractivity contribution in [3.8, 4) is 0 Å². The van der Waals surface area contributed by atoms with Gasteiger partial charge in [0, 0.05) is 17.1 Å². The van der Waals surface area contributed by atoms with Crippen molar-refractivity contribution in [2.75, 3.05) is 6.54 Å². The Morgan fingerprint density at radius 3 is 2.76 bits per heavy atom. The molecular weight excluding hydrogens is 241 g/mol. The molecule has 0 amide bonds. The molecule has 0 aliphatic carbocycles. The van der Waals surface area contributed by atoms with Gasteiger partial charge in [0.05, 0.1) is 6.10 Å². The van der Waals surface area contributed by atoms with Gasteiger partial charge in [-0.05, 0) is 44.0 Å². The minimum Gasteiger partial charge on any atom is -0.393 e. The highest BCUT2D eigenvalue weighted by Crippen LogP contribution is 2.14. The quantitative estimate of drug-likeness (QED) is 0.823. The molecule has 0 bridgehead atoms. The first-order chi connectivity index (χ1) is 7.99. The molecule has 0 aromatic heterocycles. The summed E-state index contributed by atoms with van der Waals surface area (Å²) in [6, 6.07) is 4.54. The zero-order chi connectivity index (χ0) is 12.8. The number of aliphatic hydroxyl groups is 1. The maximum atomic E-state index is 13.4. The van der Waals surface area contributed by atoms with Crippen molar-refractivity contribution in [3.05, 3.63) is 34.6 Å². The van der Waals surface area contributed by atoms with Crippen molar-refractivity contribution in [1.29, 1.82) is 0 Å². The van der Waals surface area contributed by atoms with E-state index in [9.17, 15) is 9.50 Å². The SMILES string of the molecule is CC(O)CC(C)CNCc1cc(Cl)ccc1F. The van der Waals surface area contributed by atoms with Gasteiger partial charge in [-0.1, -0.05) is 18.5 Å². The lowest BCUT2D eigenvalue weighted by atomic mass is 10.0. The van der Waals surface area contributed by atoms with E-state index in [0.29, 0.717) is 23.0 Å². The summed E-state index contributed by atoms with van der Waals surface area (Å²) < 4.78 is 13.4. The van der Waals surface area contributed by atoms with E-state index < -0.39 is 0 Å². The molecule has 2 unspecified atom stereocenters. The van der Waals surface area contributed by atoms with Crippen LogP contribution in [0.3, 0.4) is 0 Å². The Labute approximate surface area is 107 Å².